The Morgan fingerprint density at radius 3 is 2.15 bits per heavy atom. The molecular weight excluding hydrogens is 408 g/mol. The van der Waals surface area contributed by atoms with Crippen molar-refractivity contribution in [3.63, 3.8) is 0 Å². The third-order valence-electron chi connectivity index (χ3n) is 13.9. The van der Waals surface area contributed by atoms with Crippen LogP contribution in [-0.2, 0) is 4.79 Å². The Morgan fingerprint density at radius 2 is 1.48 bits per heavy atom. The Morgan fingerprint density at radius 1 is 0.788 bits per heavy atom. The van der Waals surface area contributed by atoms with Crippen LogP contribution in [0, 0.1) is 62.6 Å². The molecule has 0 saturated heterocycles. The fraction of sp³-hybridized carbons (Fsp3) is 0.967. The average molecular weight is 459 g/mol. The van der Waals surface area contributed by atoms with Crippen LogP contribution in [0.25, 0.3) is 0 Å². The summed E-state index contributed by atoms with van der Waals surface area (Å²) in [6, 6.07) is 0. The fourth-order valence-electron chi connectivity index (χ4n) is 11.7. The highest BCUT2D eigenvalue weighted by atomic mass is 16.4. The summed E-state index contributed by atoms with van der Waals surface area (Å²) in [6.45, 7) is 17.0. The lowest BCUT2D eigenvalue weighted by Crippen LogP contribution is -2.66. The third kappa shape index (κ3) is 2.93. The van der Waals surface area contributed by atoms with Gasteiger partial charge in [-0.1, -0.05) is 48.5 Å². The Labute approximate surface area is 202 Å². The summed E-state index contributed by atoms with van der Waals surface area (Å²) in [5.41, 5.74) is 1.27. The van der Waals surface area contributed by atoms with E-state index in [0.717, 1.165) is 18.8 Å². The quantitative estimate of drug-likeness (QED) is 0.461. The number of hydrogen-bond donors (Lipinski definition) is 2. The minimum absolute atomic E-state index is 0.00465. The van der Waals surface area contributed by atoms with Crippen LogP contribution in [0.2, 0.25) is 0 Å². The van der Waals surface area contributed by atoms with Gasteiger partial charge in [-0.25, -0.2) is 0 Å². The van der Waals surface area contributed by atoms with Gasteiger partial charge >= 0.3 is 5.97 Å². The van der Waals surface area contributed by atoms with E-state index < -0.39 is 5.97 Å². The predicted octanol–water partition coefficient (Wildman–Crippen LogP) is 7.17. The van der Waals surface area contributed by atoms with Crippen molar-refractivity contribution in [3.8, 4) is 0 Å². The van der Waals surface area contributed by atoms with E-state index in [1.807, 2.05) is 6.92 Å². The van der Waals surface area contributed by atoms with Gasteiger partial charge in [0.2, 0.25) is 0 Å². The van der Waals surface area contributed by atoms with Crippen LogP contribution in [0.1, 0.15) is 113 Å². The second kappa shape index (κ2) is 7.23. The summed E-state index contributed by atoms with van der Waals surface area (Å²) < 4.78 is 0. The van der Waals surface area contributed by atoms with Crippen LogP contribution in [-0.4, -0.2) is 22.3 Å². The molecule has 3 heteroatoms. The highest BCUT2D eigenvalue weighted by Gasteiger charge is 2.70. The summed E-state index contributed by atoms with van der Waals surface area (Å²) in [4.78, 5) is 12.1. The first-order valence-electron chi connectivity index (χ1n) is 14.1. The van der Waals surface area contributed by atoms with Gasteiger partial charge in [-0.2, -0.15) is 0 Å². The van der Waals surface area contributed by atoms with Gasteiger partial charge in [0.05, 0.1) is 12.0 Å². The summed E-state index contributed by atoms with van der Waals surface area (Å²) in [5.74, 6) is 2.08. The maximum Gasteiger partial charge on any atom is 0.306 e. The number of aliphatic hydroxyl groups excluding tert-OH is 1. The molecule has 188 valence electrons. The number of carboxylic acid groups (broad SMARTS) is 1. The molecule has 0 aromatic carbocycles. The second-order valence-electron chi connectivity index (χ2n) is 15.1. The topological polar surface area (TPSA) is 57.5 Å². The Kier molecular flexibility index (Phi) is 5.29. The van der Waals surface area contributed by atoms with Crippen molar-refractivity contribution in [1.82, 2.24) is 0 Å². The average Bonchev–Trinajstić information content (AvgIpc) is 3.08. The van der Waals surface area contributed by atoms with Crippen molar-refractivity contribution in [3.05, 3.63) is 0 Å². The number of carbonyl (C=O) groups is 1. The molecule has 0 heterocycles. The normalized spacial score (nSPS) is 56.1. The van der Waals surface area contributed by atoms with Crippen LogP contribution in [0.3, 0.4) is 0 Å². The molecule has 5 aliphatic carbocycles. The maximum absolute atomic E-state index is 12.1. The van der Waals surface area contributed by atoms with Gasteiger partial charge in [-0.15, -0.1) is 0 Å². The van der Waals surface area contributed by atoms with Crippen LogP contribution in [0.5, 0.6) is 0 Å². The minimum atomic E-state index is -0.590. The molecule has 33 heavy (non-hydrogen) atoms. The lowest BCUT2D eigenvalue weighted by molar-refractivity contribution is -0.248. The van der Waals surface area contributed by atoms with Gasteiger partial charge in [-0.05, 0) is 121 Å². The third-order valence-corrected chi connectivity index (χ3v) is 13.9. The molecule has 0 aromatic rings. The number of carboxylic acids is 1. The lowest BCUT2D eigenvalue weighted by atomic mass is 9.32. The zero-order valence-electron chi connectivity index (χ0n) is 22.4. The first-order chi connectivity index (χ1) is 15.2. The number of rotatable bonds is 2. The second-order valence-corrected chi connectivity index (χ2v) is 15.1. The first-order valence-corrected chi connectivity index (χ1v) is 14.1. The fourth-order valence-corrected chi connectivity index (χ4v) is 11.7. The molecule has 0 radical (unpaired) electrons. The zero-order valence-corrected chi connectivity index (χ0v) is 22.4. The summed E-state index contributed by atoms with van der Waals surface area (Å²) in [7, 11) is 0. The molecule has 0 aromatic heterocycles. The molecule has 0 bridgehead atoms. The van der Waals surface area contributed by atoms with Crippen molar-refractivity contribution in [2.24, 2.45) is 62.6 Å². The van der Waals surface area contributed by atoms with Crippen molar-refractivity contribution >= 4 is 5.97 Å². The van der Waals surface area contributed by atoms with Crippen molar-refractivity contribution in [2.45, 2.75) is 119 Å². The van der Waals surface area contributed by atoms with Crippen LogP contribution in [0.15, 0.2) is 0 Å². The van der Waals surface area contributed by atoms with E-state index in [0.29, 0.717) is 45.3 Å². The smallest absolute Gasteiger partial charge is 0.306 e. The van der Waals surface area contributed by atoms with E-state index in [9.17, 15) is 15.0 Å². The number of hydrogen-bond acceptors (Lipinski definition) is 2. The molecular formula is C30H50O3. The summed E-state index contributed by atoms with van der Waals surface area (Å²) in [5, 5.41) is 20.8. The molecule has 11 atom stereocenters. The Hall–Kier alpha value is -0.570. The minimum Gasteiger partial charge on any atom is -0.481 e. The standard InChI is InChI=1S/C30H50O3/c1-18(25(32)33)19-10-13-27(4)16-17-29(6)20(24(19)27)8-9-22-28(5)14-12-23(31)26(2,3)21(28)11-15-30(22,29)7/h18-24,31H,8-17H2,1-7H3,(H,32,33)/t18-,19+,20-,21+,22+,23+,24-,27-,28+,29-,30-/m1/s1. The van der Waals surface area contributed by atoms with Crippen LogP contribution >= 0.6 is 0 Å². The Balaban J connectivity index is 1.53. The molecule has 0 unspecified atom stereocenters. The van der Waals surface area contributed by atoms with Crippen LogP contribution in [0.4, 0.5) is 0 Å². The highest BCUT2D eigenvalue weighted by Crippen LogP contribution is 2.77. The highest BCUT2D eigenvalue weighted by molar-refractivity contribution is 5.70. The lowest BCUT2D eigenvalue weighted by Gasteiger charge is -2.73. The summed E-state index contributed by atoms with van der Waals surface area (Å²) >= 11 is 0. The molecule has 5 rings (SSSR count). The Bertz CT molecular complexity index is 819. The van der Waals surface area contributed by atoms with E-state index in [4.69, 9.17) is 0 Å². The van der Waals surface area contributed by atoms with E-state index in [1.54, 1.807) is 0 Å². The van der Waals surface area contributed by atoms with Gasteiger partial charge in [0.1, 0.15) is 0 Å². The van der Waals surface area contributed by atoms with Gasteiger partial charge < -0.3 is 10.2 Å². The van der Waals surface area contributed by atoms with E-state index in [2.05, 4.69) is 41.5 Å². The van der Waals surface area contributed by atoms with E-state index >= 15 is 0 Å². The van der Waals surface area contributed by atoms with Gasteiger partial charge in [0, 0.05) is 0 Å². The monoisotopic (exact) mass is 458 g/mol. The first kappa shape index (κ1) is 24.1. The predicted molar refractivity (Wildman–Crippen MR) is 133 cm³/mol. The molecule has 0 aliphatic heterocycles. The van der Waals surface area contributed by atoms with Gasteiger partial charge in [0.25, 0.3) is 0 Å². The molecule has 5 aliphatic rings. The van der Waals surface area contributed by atoms with Crippen molar-refractivity contribution in [1.29, 1.82) is 0 Å². The number of aliphatic hydroxyl groups is 1. The largest absolute Gasteiger partial charge is 0.481 e. The van der Waals surface area contributed by atoms with E-state index in [1.165, 1.54) is 51.4 Å². The molecule has 0 spiro atoms. The molecule has 3 nitrogen and oxygen atoms in total. The van der Waals surface area contributed by atoms with Gasteiger partial charge in [0.15, 0.2) is 0 Å². The SMILES string of the molecule is C[C@@H](C(=O)O)[C@@H]1CC[C@]2(C)CC[C@]3(C)[C@H](CC[C@H]4[C@@]5(C)CC[C@H](O)C(C)(C)[C@@H]5CC[C@]43C)[C@@H]12. The van der Waals surface area contributed by atoms with Gasteiger partial charge in [-0.3, -0.25) is 4.79 Å². The van der Waals surface area contributed by atoms with E-state index in [-0.39, 0.29) is 17.4 Å². The zero-order chi connectivity index (χ0) is 24.2. The number of aliphatic carboxylic acids is 1. The molecule has 2 N–H and O–H groups in total. The molecule has 5 fully saturated rings. The summed E-state index contributed by atoms with van der Waals surface area (Å²) in [6.07, 6.45) is 12.0. The molecule has 5 saturated carbocycles. The molecule has 0 amide bonds. The van der Waals surface area contributed by atoms with Crippen molar-refractivity contribution < 1.29 is 15.0 Å². The maximum atomic E-state index is 12.1. The van der Waals surface area contributed by atoms with Crippen LogP contribution < -0.4 is 0 Å². The van der Waals surface area contributed by atoms with Crippen molar-refractivity contribution in [2.75, 3.05) is 0 Å². The number of fused-ring (bicyclic) bond motifs is 7.